The molecule has 0 atom stereocenters. The second kappa shape index (κ2) is 7.15. The van der Waals surface area contributed by atoms with Crippen molar-refractivity contribution in [3.8, 4) is 0 Å². The Kier molecular flexibility index (Phi) is 4.93. The topological polar surface area (TPSA) is 66.7 Å². The summed E-state index contributed by atoms with van der Waals surface area (Å²) in [5.41, 5.74) is 4.77. The zero-order chi connectivity index (χ0) is 18.8. The van der Waals surface area contributed by atoms with E-state index < -0.39 is 4.92 Å². The maximum Gasteiger partial charge on any atom is 0.272 e. The van der Waals surface area contributed by atoms with Crippen molar-refractivity contribution in [2.45, 2.75) is 20.8 Å². The van der Waals surface area contributed by atoms with E-state index >= 15 is 0 Å². The Morgan fingerprint density at radius 3 is 2.23 bits per heavy atom. The predicted octanol–water partition coefficient (Wildman–Crippen LogP) is 3.48. The van der Waals surface area contributed by atoms with Gasteiger partial charge in [0.15, 0.2) is 0 Å². The summed E-state index contributed by atoms with van der Waals surface area (Å²) in [5.74, 6) is -0.0664. The van der Waals surface area contributed by atoms with Gasteiger partial charge in [0.05, 0.1) is 4.92 Å². The summed E-state index contributed by atoms with van der Waals surface area (Å²) in [6.45, 7) is 8.69. The zero-order valence-electron chi connectivity index (χ0n) is 15.4. The van der Waals surface area contributed by atoms with Crippen LogP contribution in [-0.4, -0.2) is 41.9 Å². The van der Waals surface area contributed by atoms with E-state index in [1.54, 1.807) is 19.1 Å². The minimum absolute atomic E-state index is 0.0428. The number of rotatable bonds is 3. The van der Waals surface area contributed by atoms with Crippen molar-refractivity contribution in [2.24, 2.45) is 0 Å². The van der Waals surface area contributed by atoms with E-state index in [-0.39, 0.29) is 11.6 Å². The average molecular weight is 353 g/mol. The van der Waals surface area contributed by atoms with Crippen molar-refractivity contribution >= 4 is 17.3 Å². The SMILES string of the molecule is Cc1ccc(N2CCN(C(=O)c3ccc([N+](=O)[O-])c(C)c3)CC2)c(C)c1. The summed E-state index contributed by atoms with van der Waals surface area (Å²) in [4.78, 5) is 27.4. The maximum atomic E-state index is 12.7. The Morgan fingerprint density at radius 1 is 0.962 bits per heavy atom. The molecule has 2 aromatic rings. The second-order valence-electron chi connectivity index (χ2n) is 6.83. The number of piperazine rings is 1. The van der Waals surface area contributed by atoms with E-state index in [2.05, 4.69) is 36.9 Å². The van der Waals surface area contributed by atoms with Crippen LogP contribution in [0.25, 0.3) is 0 Å². The van der Waals surface area contributed by atoms with Crippen molar-refractivity contribution in [1.29, 1.82) is 0 Å². The van der Waals surface area contributed by atoms with Gasteiger partial charge >= 0.3 is 0 Å². The summed E-state index contributed by atoms with van der Waals surface area (Å²) >= 11 is 0. The number of nitrogens with zero attached hydrogens (tertiary/aromatic N) is 3. The number of nitro groups is 1. The van der Waals surface area contributed by atoms with Gasteiger partial charge in [0.25, 0.3) is 11.6 Å². The molecule has 1 saturated heterocycles. The number of aryl methyl sites for hydroxylation is 3. The maximum absolute atomic E-state index is 12.7. The lowest BCUT2D eigenvalue weighted by molar-refractivity contribution is -0.385. The monoisotopic (exact) mass is 353 g/mol. The van der Waals surface area contributed by atoms with Gasteiger partial charge in [-0.05, 0) is 44.5 Å². The number of benzene rings is 2. The Hall–Kier alpha value is -2.89. The van der Waals surface area contributed by atoms with E-state index in [4.69, 9.17) is 0 Å². The fourth-order valence-corrected chi connectivity index (χ4v) is 3.49. The van der Waals surface area contributed by atoms with Gasteiger partial charge in [0, 0.05) is 49.1 Å². The smallest absolute Gasteiger partial charge is 0.272 e. The molecule has 0 N–H and O–H groups in total. The highest BCUT2D eigenvalue weighted by atomic mass is 16.6. The fraction of sp³-hybridized carbons (Fsp3) is 0.350. The van der Waals surface area contributed by atoms with E-state index in [0.717, 1.165) is 13.1 Å². The van der Waals surface area contributed by atoms with Gasteiger partial charge in [-0.2, -0.15) is 0 Å². The Morgan fingerprint density at radius 2 is 1.65 bits per heavy atom. The number of carbonyl (C=O) groups excluding carboxylic acids is 1. The van der Waals surface area contributed by atoms with Crippen LogP contribution >= 0.6 is 0 Å². The van der Waals surface area contributed by atoms with E-state index in [1.807, 2.05) is 4.90 Å². The molecule has 1 fully saturated rings. The Balaban J connectivity index is 1.69. The zero-order valence-corrected chi connectivity index (χ0v) is 15.4. The van der Waals surface area contributed by atoms with Crippen molar-refractivity contribution in [3.05, 3.63) is 68.8 Å². The highest BCUT2D eigenvalue weighted by Crippen LogP contribution is 2.24. The highest BCUT2D eigenvalue weighted by Gasteiger charge is 2.24. The molecule has 1 heterocycles. The standard InChI is InChI=1S/C20H23N3O3/c1-14-4-6-18(15(2)12-14)21-8-10-22(11-9-21)20(24)17-5-7-19(23(25)26)16(3)13-17/h4-7,12-13H,8-11H2,1-3H3. The normalized spacial score (nSPS) is 14.4. The molecule has 1 amide bonds. The van der Waals surface area contributed by atoms with Crippen molar-refractivity contribution < 1.29 is 9.72 Å². The third-order valence-corrected chi connectivity index (χ3v) is 4.90. The number of anilines is 1. The van der Waals surface area contributed by atoms with E-state index in [1.165, 1.54) is 22.9 Å². The molecule has 6 nitrogen and oxygen atoms in total. The second-order valence-corrected chi connectivity index (χ2v) is 6.83. The Labute approximate surface area is 153 Å². The predicted molar refractivity (Wildman–Crippen MR) is 102 cm³/mol. The first-order valence-electron chi connectivity index (χ1n) is 8.73. The summed E-state index contributed by atoms with van der Waals surface area (Å²) in [5, 5.41) is 10.9. The van der Waals surface area contributed by atoms with Gasteiger partial charge in [0.2, 0.25) is 0 Å². The van der Waals surface area contributed by atoms with Crippen LogP contribution in [0.4, 0.5) is 11.4 Å². The average Bonchev–Trinajstić information content (AvgIpc) is 2.61. The third kappa shape index (κ3) is 3.54. The molecule has 2 aromatic carbocycles. The summed E-state index contributed by atoms with van der Waals surface area (Å²) in [6, 6.07) is 11.0. The molecule has 0 aliphatic carbocycles. The van der Waals surface area contributed by atoms with Gasteiger partial charge in [-0.15, -0.1) is 0 Å². The van der Waals surface area contributed by atoms with Gasteiger partial charge in [-0.1, -0.05) is 17.7 Å². The summed E-state index contributed by atoms with van der Waals surface area (Å²) in [7, 11) is 0. The van der Waals surface area contributed by atoms with Gasteiger partial charge in [0.1, 0.15) is 0 Å². The number of nitro benzene ring substituents is 1. The van der Waals surface area contributed by atoms with Crippen LogP contribution in [0.3, 0.4) is 0 Å². The molecular formula is C20H23N3O3. The molecule has 136 valence electrons. The summed E-state index contributed by atoms with van der Waals surface area (Å²) < 4.78 is 0. The lowest BCUT2D eigenvalue weighted by atomic mass is 10.1. The van der Waals surface area contributed by atoms with E-state index in [0.29, 0.717) is 24.2 Å². The minimum Gasteiger partial charge on any atom is -0.368 e. The molecule has 0 aromatic heterocycles. The third-order valence-electron chi connectivity index (χ3n) is 4.90. The molecule has 0 bridgehead atoms. The molecule has 3 rings (SSSR count). The van der Waals surface area contributed by atoms with Gasteiger partial charge < -0.3 is 9.80 Å². The lowest BCUT2D eigenvalue weighted by Gasteiger charge is -2.37. The number of hydrogen-bond acceptors (Lipinski definition) is 4. The Bertz CT molecular complexity index is 855. The largest absolute Gasteiger partial charge is 0.368 e. The lowest BCUT2D eigenvalue weighted by Crippen LogP contribution is -2.49. The minimum atomic E-state index is -0.424. The summed E-state index contributed by atoms with van der Waals surface area (Å²) in [6.07, 6.45) is 0. The van der Waals surface area contributed by atoms with Gasteiger partial charge in [-0.3, -0.25) is 14.9 Å². The molecule has 0 spiro atoms. The van der Waals surface area contributed by atoms with E-state index in [9.17, 15) is 14.9 Å². The molecule has 0 unspecified atom stereocenters. The van der Waals surface area contributed by atoms with Crippen LogP contribution in [-0.2, 0) is 0 Å². The van der Waals surface area contributed by atoms with Crippen LogP contribution < -0.4 is 4.90 Å². The molecule has 1 aliphatic rings. The molecular weight excluding hydrogens is 330 g/mol. The van der Waals surface area contributed by atoms with Crippen molar-refractivity contribution in [2.75, 3.05) is 31.1 Å². The first kappa shape index (κ1) is 17.9. The first-order valence-corrected chi connectivity index (χ1v) is 8.73. The molecule has 6 heteroatoms. The number of amides is 1. The molecule has 1 aliphatic heterocycles. The number of carbonyl (C=O) groups is 1. The van der Waals surface area contributed by atoms with Crippen molar-refractivity contribution in [3.63, 3.8) is 0 Å². The molecule has 0 radical (unpaired) electrons. The molecule has 26 heavy (non-hydrogen) atoms. The highest BCUT2D eigenvalue weighted by molar-refractivity contribution is 5.95. The van der Waals surface area contributed by atoms with Crippen LogP contribution in [0.2, 0.25) is 0 Å². The number of hydrogen-bond donors (Lipinski definition) is 0. The first-order chi connectivity index (χ1) is 12.4. The molecule has 0 saturated carbocycles. The van der Waals surface area contributed by atoms with Crippen LogP contribution in [0.15, 0.2) is 36.4 Å². The fourth-order valence-electron chi connectivity index (χ4n) is 3.49. The van der Waals surface area contributed by atoms with Gasteiger partial charge in [-0.25, -0.2) is 0 Å². The van der Waals surface area contributed by atoms with Crippen LogP contribution in [0.1, 0.15) is 27.0 Å². The van der Waals surface area contributed by atoms with Crippen LogP contribution in [0, 0.1) is 30.9 Å². The van der Waals surface area contributed by atoms with Crippen LogP contribution in [0.5, 0.6) is 0 Å². The quantitative estimate of drug-likeness (QED) is 0.626. The van der Waals surface area contributed by atoms with Crippen molar-refractivity contribution in [1.82, 2.24) is 4.90 Å².